The molecule has 6 rings (SSSR count). The Morgan fingerprint density at radius 3 is 2.23 bits per heavy atom. The molecule has 0 spiro atoms. The number of halogens is 1. The van der Waals surface area contributed by atoms with Crippen LogP contribution in [0.15, 0.2) is 60.8 Å². The van der Waals surface area contributed by atoms with Crippen LogP contribution in [0.4, 0.5) is 21.7 Å². The van der Waals surface area contributed by atoms with E-state index in [1.165, 1.54) is 17.8 Å². The molecule has 1 N–H and O–H groups in total. The Kier molecular flexibility index (Phi) is 7.54. The van der Waals surface area contributed by atoms with Crippen LogP contribution in [0.2, 0.25) is 0 Å². The molecule has 0 saturated carbocycles. The number of hydrogen-bond acceptors (Lipinski definition) is 8. The Morgan fingerprint density at radius 2 is 1.51 bits per heavy atom. The predicted octanol–water partition coefficient (Wildman–Crippen LogP) is 5.71. The molecular weight excluding hydrogens is 509 g/mol. The number of aromatic nitrogens is 3. The van der Waals surface area contributed by atoms with E-state index in [4.69, 9.17) is 9.97 Å². The molecule has 9 heteroatoms. The number of likely N-dealkylation sites (tertiary alicyclic amines) is 1. The number of likely N-dealkylation sites (N-methyl/N-ethyl adjacent to an activating group) is 1. The van der Waals surface area contributed by atoms with Gasteiger partial charge in [-0.3, -0.25) is 0 Å². The molecule has 0 aliphatic carbocycles. The first-order valence-electron chi connectivity index (χ1n) is 13.6. The number of piperidine rings is 1. The molecule has 2 aromatic carbocycles. The van der Waals surface area contributed by atoms with Gasteiger partial charge in [0.1, 0.15) is 5.82 Å². The lowest BCUT2D eigenvalue weighted by Crippen LogP contribution is -2.44. The lowest BCUT2D eigenvalue weighted by molar-refractivity contribution is 0.255. The number of benzene rings is 2. The molecule has 202 valence electrons. The summed E-state index contributed by atoms with van der Waals surface area (Å²) in [6.07, 6.45) is 3.96. The maximum Gasteiger partial charge on any atom is 0.227 e. The van der Waals surface area contributed by atoms with Gasteiger partial charge in [0.05, 0.1) is 21.3 Å². The summed E-state index contributed by atoms with van der Waals surface area (Å²) >= 11 is 1.70. The van der Waals surface area contributed by atoms with Gasteiger partial charge in [-0.2, -0.15) is 0 Å². The molecule has 2 saturated heterocycles. The van der Waals surface area contributed by atoms with Gasteiger partial charge in [-0.25, -0.2) is 19.3 Å². The van der Waals surface area contributed by atoms with E-state index in [0.717, 1.165) is 84.6 Å². The van der Waals surface area contributed by atoms with Gasteiger partial charge < -0.3 is 20.0 Å². The lowest BCUT2D eigenvalue weighted by atomic mass is 9.98. The van der Waals surface area contributed by atoms with E-state index in [9.17, 15) is 4.39 Å². The quantitative estimate of drug-likeness (QED) is 0.334. The minimum absolute atomic E-state index is 0.252. The third-order valence-electron chi connectivity index (χ3n) is 7.71. The van der Waals surface area contributed by atoms with Crippen LogP contribution < -0.4 is 10.2 Å². The monoisotopic (exact) mass is 543 g/mol. The molecule has 0 unspecified atom stereocenters. The summed E-state index contributed by atoms with van der Waals surface area (Å²) in [7, 11) is 4.34. The zero-order chi connectivity index (χ0) is 26.8. The number of rotatable bonds is 6. The summed E-state index contributed by atoms with van der Waals surface area (Å²) in [4.78, 5) is 22.6. The molecule has 7 nitrogen and oxygen atoms in total. The van der Waals surface area contributed by atoms with E-state index in [-0.39, 0.29) is 5.82 Å². The molecule has 0 atom stereocenters. The highest BCUT2D eigenvalue weighted by Crippen LogP contribution is 2.41. The lowest BCUT2D eigenvalue weighted by Gasteiger charge is -2.34. The second-order valence-corrected chi connectivity index (χ2v) is 11.6. The molecule has 4 heterocycles. The van der Waals surface area contributed by atoms with Gasteiger partial charge in [0.15, 0.2) is 0 Å². The Hall–Kier alpha value is -3.40. The SMILES string of the molecule is CN1CCC(c2nc(-c3ccc(F)cc3)c(-c3ccnc(Nc4ccc(N5CCN(C)CC5)cc4)n3)s2)CC1. The van der Waals surface area contributed by atoms with Crippen molar-refractivity contribution in [2.75, 3.05) is 63.6 Å². The molecule has 2 aliphatic rings. The second kappa shape index (κ2) is 11.4. The summed E-state index contributed by atoms with van der Waals surface area (Å²) in [6.45, 7) is 6.38. The summed E-state index contributed by atoms with van der Waals surface area (Å²) < 4.78 is 13.7. The van der Waals surface area contributed by atoms with Gasteiger partial charge >= 0.3 is 0 Å². The molecule has 4 aromatic rings. The standard InChI is InChI=1S/C30H34FN7S/c1-36-15-12-22(13-16-36)29-35-27(21-3-5-23(31)6-4-21)28(39-29)26-11-14-32-30(34-26)33-24-7-9-25(10-8-24)38-19-17-37(2)18-20-38/h3-11,14,22H,12-13,15-20H2,1-2H3,(H,32,33,34). The van der Waals surface area contributed by atoms with Gasteiger partial charge in [-0.15, -0.1) is 11.3 Å². The normalized spacial score (nSPS) is 17.5. The molecule has 0 radical (unpaired) electrons. The Balaban J connectivity index is 1.26. The predicted molar refractivity (Wildman–Crippen MR) is 157 cm³/mol. The molecule has 2 aliphatic heterocycles. The number of piperazine rings is 1. The molecular formula is C30H34FN7S. The summed E-state index contributed by atoms with van der Waals surface area (Å²) in [5, 5.41) is 4.50. The Labute approximate surface area is 233 Å². The van der Waals surface area contributed by atoms with Gasteiger partial charge in [-0.05, 0) is 94.6 Å². The van der Waals surface area contributed by atoms with Crippen molar-refractivity contribution in [2.24, 2.45) is 0 Å². The van der Waals surface area contributed by atoms with E-state index < -0.39 is 0 Å². The molecule has 0 bridgehead atoms. The largest absolute Gasteiger partial charge is 0.369 e. The maximum absolute atomic E-state index is 13.7. The summed E-state index contributed by atoms with van der Waals surface area (Å²) in [6, 6.07) is 17.0. The first-order chi connectivity index (χ1) is 19.0. The van der Waals surface area contributed by atoms with Crippen molar-refractivity contribution in [1.29, 1.82) is 0 Å². The van der Waals surface area contributed by atoms with Crippen LogP contribution >= 0.6 is 11.3 Å². The minimum atomic E-state index is -0.252. The fraction of sp³-hybridized carbons (Fsp3) is 0.367. The highest BCUT2D eigenvalue weighted by molar-refractivity contribution is 7.15. The number of anilines is 3. The zero-order valence-electron chi connectivity index (χ0n) is 22.5. The van der Waals surface area contributed by atoms with Gasteiger partial charge in [0.2, 0.25) is 5.95 Å². The fourth-order valence-electron chi connectivity index (χ4n) is 5.24. The van der Waals surface area contributed by atoms with Crippen LogP contribution in [-0.2, 0) is 0 Å². The minimum Gasteiger partial charge on any atom is -0.369 e. The van der Waals surface area contributed by atoms with Crippen molar-refractivity contribution in [3.8, 4) is 21.8 Å². The first-order valence-corrected chi connectivity index (χ1v) is 14.4. The third kappa shape index (κ3) is 5.95. The van der Waals surface area contributed by atoms with E-state index in [1.54, 1.807) is 29.7 Å². The second-order valence-electron chi connectivity index (χ2n) is 10.5. The van der Waals surface area contributed by atoms with Crippen LogP contribution in [0, 0.1) is 5.82 Å². The third-order valence-corrected chi connectivity index (χ3v) is 8.95. The average Bonchev–Trinajstić information content (AvgIpc) is 3.41. The molecule has 2 aromatic heterocycles. The van der Waals surface area contributed by atoms with Crippen molar-refractivity contribution >= 4 is 28.7 Å². The number of nitrogens with zero attached hydrogens (tertiary/aromatic N) is 6. The van der Waals surface area contributed by atoms with Crippen LogP contribution in [0.1, 0.15) is 23.8 Å². The van der Waals surface area contributed by atoms with Gasteiger partial charge in [-0.1, -0.05) is 0 Å². The average molecular weight is 544 g/mol. The van der Waals surface area contributed by atoms with E-state index in [0.29, 0.717) is 11.9 Å². The van der Waals surface area contributed by atoms with Crippen molar-refractivity contribution in [3.63, 3.8) is 0 Å². The summed E-state index contributed by atoms with van der Waals surface area (Å²) in [5.41, 5.74) is 4.75. The van der Waals surface area contributed by atoms with E-state index >= 15 is 0 Å². The highest BCUT2D eigenvalue weighted by Gasteiger charge is 2.25. The smallest absolute Gasteiger partial charge is 0.227 e. The molecule has 0 amide bonds. The number of nitrogens with one attached hydrogen (secondary N) is 1. The highest BCUT2D eigenvalue weighted by atomic mass is 32.1. The van der Waals surface area contributed by atoms with Crippen LogP contribution in [-0.4, -0.2) is 78.1 Å². The van der Waals surface area contributed by atoms with Crippen molar-refractivity contribution < 1.29 is 4.39 Å². The van der Waals surface area contributed by atoms with Crippen LogP contribution in [0.25, 0.3) is 21.8 Å². The molecule has 2 fully saturated rings. The topological polar surface area (TPSA) is 60.4 Å². The number of hydrogen-bond donors (Lipinski definition) is 1. The van der Waals surface area contributed by atoms with E-state index in [1.807, 2.05) is 6.07 Å². The van der Waals surface area contributed by atoms with Gasteiger partial charge in [0.25, 0.3) is 0 Å². The van der Waals surface area contributed by atoms with Crippen LogP contribution in [0.5, 0.6) is 0 Å². The van der Waals surface area contributed by atoms with Crippen LogP contribution in [0.3, 0.4) is 0 Å². The molecule has 39 heavy (non-hydrogen) atoms. The Bertz CT molecular complexity index is 1390. The van der Waals surface area contributed by atoms with Crippen molar-refractivity contribution in [1.82, 2.24) is 24.8 Å². The summed E-state index contributed by atoms with van der Waals surface area (Å²) in [5.74, 6) is 0.717. The first kappa shape index (κ1) is 25.9. The van der Waals surface area contributed by atoms with Crippen molar-refractivity contribution in [2.45, 2.75) is 18.8 Å². The maximum atomic E-state index is 13.7. The fourth-order valence-corrected chi connectivity index (χ4v) is 6.47. The zero-order valence-corrected chi connectivity index (χ0v) is 23.3. The Morgan fingerprint density at radius 1 is 0.821 bits per heavy atom. The van der Waals surface area contributed by atoms with E-state index in [2.05, 4.69) is 63.4 Å². The van der Waals surface area contributed by atoms with Crippen molar-refractivity contribution in [3.05, 3.63) is 71.6 Å². The number of thiazole rings is 1. The van der Waals surface area contributed by atoms with Gasteiger partial charge in [0, 0.05) is 55.2 Å².